The molecule has 1 aliphatic rings. The van der Waals surface area contributed by atoms with Crippen molar-refractivity contribution in [1.29, 1.82) is 0 Å². The van der Waals surface area contributed by atoms with Crippen LogP contribution in [0.4, 0.5) is 5.82 Å². The van der Waals surface area contributed by atoms with Crippen molar-refractivity contribution in [2.75, 3.05) is 25.0 Å². The number of benzene rings is 2. The topological polar surface area (TPSA) is 82.0 Å². The van der Waals surface area contributed by atoms with Crippen LogP contribution >= 0.6 is 0 Å². The summed E-state index contributed by atoms with van der Waals surface area (Å²) in [7, 11) is 1.99. The number of β-amino-alcohol motifs (C(OH)–C–C–N with tert-alkyl or cyclic N) is 1. The molecule has 0 amide bonds. The van der Waals surface area contributed by atoms with E-state index in [4.69, 9.17) is 0 Å². The van der Waals surface area contributed by atoms with Gasteiger partial charge in [-0.1, -0.05) is 30.3 Å². The van der Waals surface area contributed by atoms with Crippen molar-refractivity contribution in [3.63, 3.8) is 0 Å². The summed E-state index contributed by atoms with van der Waals surface area (Å²) in [5, 5.41) is 21.2. The summed E-state index contributed by atoms with van der Waals surface area (Å²) >= 11 is 0. The van der Waals surface area contributed by atoms with Crippen molar-refractivity contribution in [3.05, 3.63) is 66.0 Å². The number of H-pyrrole nitrogens is 1. The normalized spacial score (nSPS) is 15.3. The highest BCUT2D eigenvalue weighted by molar-refractivity contribution is 5.81. The fraction of sp³-hybridized carbons (Fsp3) is 0.304. The number of aromatic amines is 1. The number of aliphatic hydroxyl groups is 1. The number of fused-ring (bicyclic) bond motifs is 2. The van der Waals surface area contributed by atoms with Gasteiger partial charge in [-0.25, -0.2) is 4.98 Å². The Bertz CT molecular complexity index is 1160. The number of imidazole rings is 1. The summed E-state index contributed by atoms with van der Waals surface area (Å²) in [6, 6.07) is 16.7. The summed E-state index contributed by atoms with van der Waals surface area (Å²) < 4.78 is 2.00. The van der Waals surface area contributed by atoms with Crippen LogP contribution in [0.5, 0.6) is 0 Å². The van der Waals surface area contributed by atoms with Crippen LogP contribution in [0.1, 0.15) is 11.1 Å². The van der Waals surface area contributed by atoms with E-state index in [-0.39, 0.29) is 0 Å². The van der Waals surface area contributed by atoms with Gasteiger partial charge < -0.3 is 15.0 Å². The number of nitrogens with one attached hydrogen (secondary N) is 2. The highest BCUT2D eigenvalue weighted by Gasteiger charge is 2.18. The quantitative estimate of drug-likeness (QED) is 0.462. The van der Waals surface area contributed by atoms with Crippen LogP contribution in [0.2, 0.25) is 0 Å². The van der Waals surface area contributed by atoms with Crippen molar-refractivity contribution in [2.45, 2.75) is 19.1 Å². The van der Waals surface area contributed by atoms with Gasteiger partial charge in [0.1, 0.15) is 5.82 Å². The maximum absolute atomic E-state index is 10.5. The lowest BCUT2D eigenvalue weighted by Crippen LogP contribution is -2.39. The van der Waals surface area contributed by atoms with Gasteiger partial charge in [-0.3, -0.25) is 10.00 Å². The van der Waals surface area contributed by atoms with Crippen LogP contribution in [-0.4, -0.2) is 55.5 Å². The number of aromatic nitrogens is 4. The van der Waals surface area contributed by atoms with E-state index in [0.29, 0.717) is 13.1 Å². The van der Waals surface area contributed by atoms with Crippen LogP contribution in [-0.2, 0) is 20.0 Å². The van der Waals surface area contributed by atoms with Crippen LogP contribution in [0, 0.1) is 0 Å². The lowest BCUT2D eigenvalue weighted by molar-refractivity contribution is 0.114. The van der Waals surface area contributed by atoms with E-state index >= 15 is 0 Å². The summed E-state index contributed by atoms with van der Waals surface area (Å²) in [5.41, 5.74) is 6.80. The third kappa shape index (κ3) is 3.81. The molecule has 0 aliphatic carbocycles. The molecular formula is C23H26N6O. The SMILES string of the molecule is Cn1cnc2cc(-c3cc(NCC(O)CN4CCc5ccccc5C4)n[nH]3)ccc21. The zero-order chi connectivity index (χ0) is 20.5. The minimum absolute atomic E-state index is 0.458. The van der Waals surface area contributed by atoms with E-state index in [9.17, 15) is 5.11 Å². The van der Waals surface area contributed by atoms with Gasteiger partial charge in [0, 0.05) is 44.9 Å². The molecule has 3 N–H and O–H groups in total. The van der Waals surface area contributed by atoms with E-state index < -0.39 is 6.10 Å². The fourth-order valence-electron chi connectivity index (χ4n) is 4.16. The molecule has 1 unspecified atom stereocenters. The molecule has 7 nitrogen and oxygen atoms in total. The molecule has 7 heteroatoms. The number of aryl methyl sites for hydroxylation is 1. The first-order chi connectivity index (χ1) is 14.7. The number of anilines is 1. The number of rotatable bonds is 6. The number of hydrogen-bond donors (Lipinski definition) is 3. The Morgan fingerprint density at radius 1 is 1.17 bits per heavy atom. The maximum atomic E-state index is 10.5. The number of aliphatic hydroxyl groups excluding tert-OH is 1. The van der Waals surface area contributed by atoms with Gasteiger partial charge in [-0.05, 0) is 29.7 Å². The highest BCUT2D eigenvalue weighted by atomic mass is 16.3. The van der Waals surface area contributed by atoms with E-state index in [1.165, 1.54) is 11.1 Å². The third-order valence-corrected chi connectivity index (χ3v) is 5.81. The van der Waals surface area contributed by atoms with Gasteiger partial charge in [0.05, 0.1) is 29.2 Å². The summed E-state index contributed by atoms with van der Waals surface area (Å²) in [6.07, 6.45) is 2.40. The van der Waals surface area contributed by atoms with Gasteiger partial charge >= 0.3 is 0 Å². The molecule has 0 saturated heterocycles. The minimum atomic E-state index is -0.458. The standard InChI is InChI=1S/C23H26N6O/c1-28-15-25-21-10-17(6-7-22(21)28)20-11-23(27-26-20)24-12-19(30)14-29-9-8-16-4-2-3-5-18(16)13-29/h2-7,10-11,15,19,30H,8-9,12-14H2,1H3,(H2,24,26,27). The van der Waals surface area contributed by atoms with E-state index in [2.05, 4.69) is 67.9 Å². The first kappa shape index (κ1) is 18.8. The fourth-order valence-corrected chi connectivity index (χ4v) is 4.16. The molecule has 30 heavy (non-hydrogen) atoms. The van der Waals surface area contributed by atoms with Gasteiger partial charge in [-0.15, -0.1) is 0 Å². The zero-order valence-corrected chi connectivity index (χ0v) is 17.0. The number of hydrogen-bond acceptors (Lipinski definition) is 5. The zero-order valence-electron chi connectivity index (χ0n) is 17.0. The van der Waals surface area contributed by atoms with Gasteiger partial charge in [0.2, 0.25) is 0 Å². The molecule has 2 aromatic carbocycles. The molecule has 3 heterocycles. The van der Waals surface area contributed by atoms with Gasteiger partial charge in [0.25, 0.3) is 0 Å². The van der Waals surface area contributed by atoms with Gasteiger partial charge in [-0.2, -0.15) is 5.10 Å². The maximum Gasteiger partial charge on any atom is 0.148 e. The molecule has 0 bridgehead atoms. The van der Waals surface area contributed by atoms with Crippen molar-refractivity contribution < 1.29 is 5.11 Å². The number of nitrogens with zero attached hydrogens (tertiary/aromatic N) is 4. The average molecular weight is 403 g/mol. The Balaban J connectivity index is 1.17. The largest absolute Gasteiger partial charge is 0.390 e. The molecule has 0 saturated carbocycles. The van der Waals surface area contributed by atoms with Crippen molar-refractivity contribution >= 4 is 16.9 Å². The van der Waals surface area contributed by atoms with E-state index in [1.54, 1.807) is 0 Å². The Morgan fingerprint density at radius 3 is 2.93 bits per heavy atom. The van der Waals surface area contributed by atoms with Crippen LogP contribution in [0.15, 0.2) is 54.9 Å². The molecular weight excluding hydrogens is 376 g/mol. The summed E-state index contributed by atoms with van der Waals surface area (Å²) in [5.74, 6) is 0.731. The first-order valence-electron chi connectivity index (χ1n) is 10.3. The van der Waals surface area contributed by atoms with E-state index in [1.807, 2.05) is 24.0 Å². The van der Waals surface area contributed by atoms with Crippen LogP contribution in [0.25, 0.3) is 22.3 Å². The molecule has 1 atom stereocenters. The molecule has 0 fully saturated rings. The van der Waals surface area contributed by atoms with E-state index in [0.717, 1.165) is 47.6 Å². The van der Waals surface area contributed by atoms with Crippen LogP contribution < -0.4 is 5.32 Å². The molecule has 154 valence electrons. The molecule has 4 aromatic rings. The highest BCUT2D eigenvalue weighted by Crippen LogP contribution is 2.24. The second-order valence-electron chi connectivity index (χ2n) is 8.01. The average Bonchev–Trinajstić information content (AvgIpc) is 3.39. The lowest BCUT2D eigenvalue weighted by atomic mass is 10.00. The summed E-state index contributed by atoms with van der Waals surface area (Å²) in [6.45, 7) is 2.99. The Labute approximate surface area is 175 Å². The first-order valence-corrected chi connectivity index (χ1v) is 10.3. The van der Waals surface area contributed by atoms with Crippen molar-refractivity contribution in [3.8, 4) is 11.3 Å². The monoisotopic (exact) mass is 402 g/mol. The van der Waals surface area contributed by atoms with Gasteiger partial charge in [0.15, 0.2) is 0 Å². The molecule has 5 rings (SSSR count). The minimum Gasteiger partial charge on any atom is -0.390 e. The second-order valence-corrected chi connectivity index (χ2v) is 8.01. The predicted molar refractivity (Wildman–Crippen MR) is 118 cm³/mol. The van der Waals surface area contributed by atoms with Crippen molar-refractivity contribution in [1.82, 2.24) is 24.6 Å². The summed E-state index contributed by atoms with van der Waals surface area (Å²) in [4.78, 5) is 6.73. The Morgan fingerprint density at radius 2 is 2.03 bits per heavy atom. The third-order valence-electron chi connectivity index (χ3n) is 5.81. The predicted octanol–water partition coefficient (Wildman–Crippen LogP) is 2.79. The molecule has 0 radical (unpaired) electrons. The lowest BCUT2D eigenvalue weighted by Gasteiger charge is -2.30. The molecule has 1 aliphatic heterocycles. The molecule has 0 spiro atoms. The van der Waals surface area contributed by atoms with Crippen LogP contribution in [0.3, 0.4) is 0 Å². The molecule has 2 aromatic heterocycles. The second kappa shape index (κ2) is 7.93. The Kier molecular flexibility index (Phi) is 4.98. The smallest absolute Gasteiger partial charge is 0.148 e. The Hall–Kier alpha value is -3.16. The van der Waals surface area contributed by atoms with Crippen molar-refractivity contribution in [2.24, 2.45) is 7.05 Å².